The number of rotatable bonds is 3. The van der Waals surface area contributed by atoms with Gasteiger partial charge in [-0.2, -0.15) is 0 Å². The number of hydrogen-bond donors (Lipinski definition) is 1. The van der Waals surface area contributed by atoms with Gasteiger partial charge in [-0.15, -0.1) is 0 Å². The fourth-order valence-electron chi connectivity index (χ4n) is 1.33. The Morgan fingerprint density at radius 3 is 2.64 bits per heavy atom. The summed E-state index contributed by atoms with van der Waals surface area (Å²) in [6.07, 6.45) is 0.872. The van der Waals surface area contributed by atoms with Crippen LogP contribution in [0.15, 0.2) is 18.2 Å². The van der Waals surface area contributed by atoms with Gasteiger partial charge in [0.25, 0.3) is 0 Å². The third-order valence-electron chi connectivity index (χ3n) is 1.91. The van der Waals surface area contributed by atoms with Crippen LogP contribution in [0.25, 0.3) is 0 Å². The molecule has 0 saturated heterocycles. The zero-order valence-electron chi connectivity index (χ0n) is 8.25. The van der Waals surface area contributed by atoms with Crippen molar-refractivity contribution in [3.8, 4) is 0 Å². The molecule has 2 nitrogen and oxygen atoms in total. The van der Waals surface area contributed by atoms with E-state index in [2.05, 4.69) is 13.8 Å². The predicted molar refractivity (Wildman–Crippen MR) is 57.0 cm³/mol. The van der Waals surface area contributed by atoms with Gasteiger partial charge in [0.2, 0.25) is 0 Å². The SMILES string of the molecule is CC(C)Cc1ccc(Cl)c(C(=O)O)c1. The van der Waals surface area contributed by atoms with Gasteiger partial charge >= 0.3 is 5.97 Å². The lowest BCUT2D eigenvalue weighted by Crippen LogP contribution is -2.01. The number of carboxylic acids is 1. The molecule has 1 aromatic carbocycles. The highest BCUT2D eigenvalue weighted by Crippen LogP contribution is 2.19. The zero-order valence-corrected chi connectivity index (χ0v) is 9.01. The highest BCUT2D eigenvalue weighted by molar-refractivity contribution is 6.33. The van der Waals surface area contributed by atoms with Crippen LogP contribution < -0.4 is 0 Å². The van der Waals surface area contributed by atoms with Gasteiger partial charge in [-0.1, -0.05) is 31.5 Å². The Labute approximate surface area is 88.5 Å². The molecule has 0 heterocycles. The Balaban J connectivity index is 3.00. The van der Waals surface area contributed by atoms with E-state index >= 15 is 0 Å². The molecular weight excluding hydrogens is 200 g/mol. The molecule has 76 valence electrons. The molecule has 0 aliphatic rings. The van der Waals surface area contributed by atoms with Crippen LogP contribution in [0.1, 0.15) is 29.8 Å². The minimum atomic E-state index is -0.972. The van der Waals surface area contributed by atoms with Crippen molar-refractivity contribution in [2.24, 2.45) is 5.92 Å². The molecule has 0 bridgehead atoms. The van der Waals surface area contributed by atoms with E-state index in [1.807, 2.05) is 6.07 Å². The Kier molecular flexibility index (Phi) is 3.53. The van der Waals surface area contributed by atoms with Gasteiger partial charge < -0.3 is 5.11 Å². The molecule has 0 aliphatic carbocycles. The van der Waals surface area contributed by atoms with Crippen molar-refractivity contribution in [3.05, 3.63) is 34.3 Å². The number of carbonyl (C=O) groups is 1. The second-order valence-electron chi connectivity index (χ2n) is 3.72. The van der Waals surface area contributed by atoms with Crippen molar-refractivity contribution in [1.29, 1.82) is 0 Å². The summed E-state index contributed by atoms with van der Waals surface area (Å²) >= 11 is 5.75. The van der Waals surface area contributed by atoms with Crippen LogP contribution in [0.3, 0.4) is 0 Å². The Hall–Kier alpha value is -1.02. The monoisotopic (exact) mass is 212 g/mol. The fourth-order valence-corrected chi connectivity index (χ4v) is 1.53. The van der Waals surface area contributed by atoms with Crippen molar-refractivity contribution in [3.63, 3.8) is 0 Å². The molecule has 0 radical (unpaired) electrons. The zero-order chi connectivity index (χ0) is 10.7. The molecule has 0 aliphatic heterocycles. The van der Waals surface area contributed by atoms with E-state index in [1.165, 1.54) is 0 Å². The normalized spacial score (nSPS) is 10.6. The summed E-state index contributed by atoms with van der Waals surface area (Å²) in [5.74, 6) is -0.460. The molecule has 0 spiro atoms. The summed E-state index contributed by atoms with van der Waals surface area (Å²) in [6, 6.07) is 5.15. The third kappa shape index (κ3) is 2.74. The van der Waals surface area contributed by atoms with E-state index < -0.39 is 5.97 Å². The third-order valence-corrected chi connectivity index (χ3v) is 2.23. The lowest BCUT2D eigenvalue weighted by molar-refractivity contribution is 0.0697. The highest BCUT2D eigenvalue weighted by atomic mass is 35.5. The molecule has 14 heavy (non-hydrogen) atoms. The van der Waals surface area contributed by atoms with Crippen LogP contribution in [0.4, 0.5) is 0 Å². The van der Waals surface area contributed by atoms with Gasteiger partial charge in [0.1, 0.15) is 0 Å². The van der Waals surface area contributed by atoms with E-state index in [1.54, 1.807) is 12.1 Å². The first-order valence-corrected chi connectivity index (χ1v) is 4.90. The minimum Gasteiger partial charge on any atom is -0.478 e. The Bertz CT molecular complexity index is 345. The first kappa shape index (κ1) is 11.1. The fraction of sp³-hybridized carbons (Fsp3) is 0.364. The van der Waals surface area contributed by atoms with Crippen LogP contribution in [0.2, 0.25) is 5.02 Å². The molecule has 1 aromatic rings. The quantitative estimate of drug-likeness (QED) is 0.835. The number of benzene rings is 1. The molecule has 3 heteroatoms. The summed E-state index contributed by atoms with van der Waals surface area (Å²) in [5.41, 5.74) is 1.20. The largest absolute Gasteiger partial charge is 0.478 e. The van der Waals surface area contributed by atoms with Gasteiger partial charge in [0, 0.05) is 0 Å². The molecule has 0 unspecified atom stereocenters. The summed E-state index contributed by atoms with van der Waals surface area (Å²) in [7, 11) is 0. The number of aromatic carboxylic acids is 1. The van der Waals surface area contributed by atoms with E-state index in [0.29, 0.717) is 10.9 Å². The first-order chi connectivity index (χ1) is 6.50. The number of carboxylic acid groups (broad SMARTS) is 1. The predicted octanol–water partition coefficient (Wildman–Crippen LogP) is 3.24. The van der Waals surface area contributed by atoms with Gasteiger partial charge in [-0.3, -0.25) is 0 Å². The van der Waals surface area contributed by atoms with E-state index in [4.69, 9.17) is 16.7 Å². The van der Waals surface area contributed by atoms with Crippen LogP contribution in [-0.4, -0.2) is 11.1 Å². The lowest BCUT2D eigenvalue weighted by Gasteiger charge is -2.06. The highest BCUT2D eigenvalue weighted by Gasteiger charge is 2.09. The average molecular weight is 213 g/mol. The molecule has 0 atom stereocenters. The van der Waals surface area contributed by atoms with Gasteiger partial charge in [-0.05, 0) is 30.0 Å². The van der Waals surface area contributed by atoms with Gasteiger partial charge in [0.15, 0.2) is 0 Å². The van der Waals surface area contributed by atoms with Crippen LogP contribution in [0, 0.1) is 5.92 Å². The van der Waals surface area contributed by atoms with Gasteiger partial charge in [-0.25, -0.2) is 4.79 Å². The Morgan fingerprint density at radius 1 is 1.50 bits per heavy atom. The summed E-state index contributed by atoms with van der Waals surface area (Å²) in [4.78, 5) is 10.8. The van der Waals surface area contributed by atoms with Crippen LogP contribution in [-0.2, 0) is 6.42 Å². The minimum absolute atomic E-state index is 0.185. The second-order valence-corrected chi connectivity index (χ2v) is 4.12. The van der Waals surface area contributed by atoms with Crippen molar-refractivity contribution in [2.45, 2.75) is 20.3 Å². The van der Waals surface area contributed by atoms with Crippen molar-refractivity contribution in [1.82, 2.24) is 0 Å². The Morgan fingerprint density at radius 2 is 2.14 bits per heavy atom. The smallest absolute Gasteiger partial charge is 0.337 e. The number of hydrogen-bond acceptors (Lipinski definition) is 1. The standard InChI is InChI=1S/C11H13ClO2/c1-7(2)5-8-3-4-10(12)9(6-8)11(13)14/h3-4,6-7H,5H2,1-2H3,(H,13,14). The maximum atomic E-state index is 10.8. The van der Waals surface area contributed by atoms with E-state index in [0.717, 1.165) is 12.0 Å². The molecular formula is C11H13ClO2. The molecule has 0 aromatic heterocycles. The van der Waals surface area contributed by atoms with Crippen molar-refractivity contribution < 1.29 is 9.90 Å². The van der Waals surface area contributed by atoms with Crippen molar-refractivity contribution in [2.75, 3.05) is 0 Å². The first-order valence-electron chi connectivity index (χ1n) is 4.52. The van der Waals surface area contributed by atoms with Crippen LogP contribution >= 0.6 is 11.6 Å². The van der Waals surface area contributed by atoms with Crippen LogP contribution in [0.5, 0.6) is 0 Å². The summed E-state index contributed by atoms with van der Waals surface area (Å²) < 4.78 is 0. The summed E-state index contributed by atoms with van der Waals surface area (Å²) in [6.45, 7) is 4.18. The van der Waals surface area contributed by atoms with Gasteiger partial charge in [0.05, 0.1) is 10.6 Å². The maximum absolute atomic E-state index is 10.8. The molecule has 1 N–H and O–H groups in total. The van der Waals surface area contributed by atoms with E-state index in [-0.39, 0.29) is 5.56 Å². The molecule has 0 saturated carbocycles. The lowest BCUT2D eigenvalue weighted by atomic mass is 10.0. The second kappa shape index (κ2) is 4.47. The topological polar surface area (TPSA) is 37.3 Å². The average Bonchev–Trinajstić information content (AvgIpc) is 2.07. The maximum Gasteiger partial charge on any atom is 0.337 e. The van der Waals surface area contributed by atoms with E-state index in [9.17, 15) is 4.79 Å². The summed E-state index contributed by atoms with van der Waals surface area (Å²) in [5, 5.41) is 9.14. The van der Waals surface area contributed by atoms with Crippen molar-refractivity contribution >= 4 is 17.6 Å². The molecule has 0 fully saturated rings. The molecule has 0 amide bonds. The molecule has 1 rings (SSSR count). The number of halogens is 1.